The molecule has 0 radical (unpaired) electrons. The largest absolute Gasteiger partial charge is 0.359 e. The molecule has 76 valence electrons. The fourth-order valence-corrected chi connectivity index (χ4v) is 2.80. The summed E-state index contributed by atoms with van der Waals surface area (Å²) in [5, 5.41) is 0. The van der Waals surface area contributed by atoms with Gasteiger partial charge in [-0.15, -0.1) is 11.3 Å². The van der Waals surface area contributed by atoms with Crippen LogP contribution >= 0.6 is 27.3 Å². The van der Waals surface area contributed by atoms with Gasteiger partial charge in [0.2, 0.25) is 0 Å². The van der Waals surface area contributed by atoms with Gasteiger partial charge in [-0.1, -0.05) is 0 Å². The van der Waals surface area contributed by atoms with Gasteiger partial charge in [-0.25, -0.2) is 0 Å². The van der Waals surface area contributed by atoms with Crippen LogP contribution in [0.2, 0.25) is 0 Å². The Balaban J connectivity index is 2.18. The van der Waals surface area contributed by atoms with Crippen LogP contribution in [-0.2, 0) is 4.74 Å². The van der Waals surface area contributed by atoms with Crippen LogP contribution < -0.4 is 0 Å². The van der Waals surface area contributed by atoms with E-state index in [0.29, 0.717) is 19.9 Å². The highest BCUT2D eigenvalue weighted by Crippen LogP contribution is 2.28. The van der Waals surface area contributed by atoms with E-state index in [0.717, 1.165) is 14.2 Å². The number of hydrogen-bond donors (Lipinski definition) is 0. The molecule has 0 atom stereocenters. The van der Waals surface area contributed by atoms with Gasteiger partial charge >= 0.3 is 0 Å². The molecule has 1 aliphatic heterocycles. The first kappa shape index (κ1) is 10.1. The van der Waals surface area contributed by atoms with Crippen LogP contribution in [0.4, 0.5) is 0 Å². The minimum Gasteiger partial charge on any atom is -0.359 e. The van der Waals surface area contributed by atoms with E-state index in [9.17, 15) is 4.79 Å². The number of aryl methyl sites for hydroxylation is 1. The Labute approximate surface area is 94.8 Å². The molecule has 2 heterocycles. The van der Waals surface area contributed by atoms with Gasteiger partial charge in [0.25, 0.3) is 5.91 Å². The summed E-state index contributed by atoms with van der Waals surface area (Å²) in [6.45, 7) is 3.76. The highest BCUT2D eigenvalue weighted by atomic mass is 79.9. The number of rotatable bonds is 1. The Morgan fingerprint density at radius 1 is 1.71 bits per heavy atom. The predicted octanol–water partition coefficient (Wildman–Crippen LogP) is 2.25. The fraction of sp³-hybridized carbons (Fsp3) is 0.444. The first-order valence-electron chi connectivity index (χ1n) is 4.31. The van der Waals surface area contributed by atoms with Gasteiger partial charge in [-0.3, -0.25) is 4.79 Å². The maximum absolute atomic E-state index is 11.8. The Morgan fingerprint density at radius 2 is 2.50 bits per heavy atom. The van der Waals surface area contributed by atoms with Gasteiger partial charge in [0.1, 0.15) is 6.73 Å². The first-order valence-corrected chi connectivity index (χ1v) is 5.92. The molecular formula is C9H10BrNO2S. The maximum Gasteiger partial charge on any atom is 0.265 e. The molecule has 1 saturated heterocycles. The van der Waals surface area contributed by atoms with E-state index in [1.165, 1.54) is 11.3 Å². The van der Waals surface area contributed by atoms with Crippen molar-refractivity contribution in [1.29, 1.82) is 0 Å². The van der Waals surface area contributed by atoms with E-state index in [2.05, 4.69) is 15.9 Å². The molecule has 2 rings (SSSR count). The number of carbonyl (C=O) groups is 1. The first-order chi connectivity index (χ1) is 6.68. The molecule has 3 nitrogen and oxygen atoms in total. The van der Waals surface area contributed by atoms with Crippen LogP contribution in [0.25, 0.3) is 0 Å². The van der Waals surface area contributed by atoms with Crippen molar-refractivity contribution < 1.29 is 9.53 Å². The van der Waals surface area contributed by atoms with Crippen molar-refractivity contribution in [3.63, 3.8) is 0 Å². The smallest absolute Gasteiger partial charge is 0.265 e. The lowest BCUT2D eigenvalue weighted by Gasteiger charge is -2.11. The third kappa shape index (κ3) is 1.85. The van der Waals surface area contributed by atoms with Crippen molar-refractivity contribution in [3.05, 3.63) is 20.3 Å². The zero-order chi connectivity index (χ0) is 10.1. The highest BCUT2D eigenvalue weighted by Gasteiger charge is 2.21. The molecule has 0 aromatic carbocycles. The topological polar surface area (TPSA) is 29.5 Å². The number of thiophene rings is 1. The Morgan fingerprint density at radius 3 is 3.00 bits per heavy atom. The van der Waals surface area contributed by atoms with Crippen molar-refractivity contribution in [2.45, 2.75) is 6.92 Å². The molecule has 0 saturated carbocycles. The average Bonchev–Trinajstić information content (AvgIpc) is 2.76. The SMILES string of the molecule is Cc1cc(C(=O)N2CCOC2)sc1Br. The lowest BCUT2D eigenvalue weighted by atomic mass is 10.3. The molecule has 1 aromatic heterocycles. The van der Waals surface area contributed by atoms with Gasteiger partial charge in [0.15, 0.2) is 0 Å². The molecule has 1 aromatic rings. The second kappa shape index (κ2) is 4.00. The van der Waals surface area contributed by atoms with Crippen molar-refractivity contribution >= 4 is 33.2 Å². The van der Waals surface area contributed by atoms with Crippen LogP contribution in [0.15, 0.2) is 9.85 Å². The lowest BCUT2D eigenvalue weighted by Crippen LogP contribution is -2.27. The van der Waals surface area contributed by atoms with E-state index in [1.54, 1.807) is 4.90 Å². The number of halogens is 1. The average molecular weight is 276 g/mol. The second-order valence-corrected chi connectivity index (χ2v) is 5.54. The summed E-state index contributed by atoms with van der Waals surface area (Å²) < 4.78 is 6.16. The van der Waals surface area contributed by atoms with E-state index in [4.69, 9.17) is 4.74 Å². The molecule has 1 fully saturated rings. The van der Waals surface area contributed by atoms with Gasteiger partial charge < -0.3 is 9.64 Å². The standard InChI is InChI=1S/C9H10BrNO2S/c1-6-4-7(14-8(6)10)9(12)11-2-3-13-5-11/h4H,2-3,5H2,1H3. The number of ether oxygens (including phenoxy) is 1. The minimum atomic E-state index is 0.0706. The van der Waals surface area contributed by atoms with E-state index < -0.39 is 0 Å². The molecule has 0 unspecified atom stereocenters. The lowest BCUT2D eigenvalue weighted by molar-refractivity contribution is 0.0699. The number of carbonyl (C=O) groups excluding carboxylic acids is 1. The van der Waals surface area contributed by atoms with Gasteiger partial charge in [-0.2, -0.15) is 0 Å². The van der Waals surface area contributed by atoms with Crippen molar-refractivity contribution in [2.75, 3.05) is 19.9 Å². The molecule has 0 N–H and O–H groups in total. The third-order valence-corrected chi connectivity index (χ3v) is 4.23. The Hall–Kier alpha value is -0.390. The van der Waals surface area contributed by atoms with Crippen molar-refractivity contribution in [1.82, 2.24) is 4.90 Å². The molecule has 0 bridgehead atoms. The second-order valence-electron chi connectivity index (χ2n) is 3.17. The number of hydrogen-bond acceptors (Lipinski definition) is 3. The molecular weight excluding hydrogens is 266 g/mol. The summed E-state index contributed by atoms with van der Waals surface area (Å²) >= 11 is 4.89. The minimum absolute atomic E-state index is 0.0706. The van der Waals surface area contributed by atoms with E-state index in [1.807, 2.05) is 13.0 Å². The monoisotopic (exact) mass is 275 g/mol. The van der Waals surface area contributed by atoms with Crippen molar-refractivity contribution in [3.8, 4) is 0 Å². The summed E-state index contributed by atoms with van der Waals surface area (Å²) in [6, 6.07) is 1.91. The van der Waals surface area contributed by atoms with E-state index in [-0.39, 0.29) is 5.91 Å². The zero-order valence-electron chi connectivity index (χ0n) is 7.75. The summed E-state index contributed by atoms with van der Waals surface area (Å²) in [7, 11) is 0. The van der Waals surface area contributed by atoms with Gasteiger partial charge in [-0.05, 0) is 34.5 Å². The highest BCUT2D eigenvalue weighted by molar-refractivity contribution is 9.11. The van der Waals surface area contributed by atoms with Crippen LogP contribution in [0.3, 0.4) is 0 Å². The molecule has 5 heteroatoms. The van der Waals surface area contributed by atoms with Gasteiger partial charge in [0.05, 0.1) is 15.3 Å². The quantitative estimate of drug-likeness (QED) is 0.787. The van der Waals surface area contributed by atoms with E-state index >= 15 is 0 Å². The summed E-state index contributed by atoms with van der Waals surface area (Å²) in [5.41, 5.74) is 1.11. The van der Waals surface area contributed by atoms with Crippen molar-refractivity contribution in [2.24, 2.45) is 0 Å². The van der Waals surface area contributed by atoms with Gasteiger partial charge in [0, 0.05) is 6.54 Å². The van der Waals surface area contributed by atoms with Crippen LogP contribution in [0.5, 0.6) is 0 Å². The molecule has 1 aliphatic rings. The van der Waals surface area contributed by atoms with Crippen LogP contribution in [-0.4, -0.2) is 30.7 Å². The van der Waals surface area contributed by atoms with Crippen LogP contribution in [0, 0.1) is 6.92 Å². The number of nitrogens with zero attached hydrogens (tertiary/aromatic N) is 1. The summed E-state index contributed by atoms with van der Waals surface area (Å²) in [4.78, 5) is 14.3. The summed E-state index contributed by atoms with van der Waals surface area (Å²) in [6.07, 6.45) is 0. The normalized spacial score (nSPS) is 16.3. The Bertz CT molecular complexity index is 338. The third-order valence-electron chi connectivity index (χ3n) is 2.11. The fourth-order valence-electron chi connectivity index (χ4n) is 1.30. The molecule has 1 amide bonds. The molecule has 0 aliphatic carbocycles. The molecule has 0 spiro atoms. The predicted molar refractivity (Wildman–Crippen MR) is 58.6 cm³/mol. The maximum atomic E-state index is 11.8. The summed E-state index contributed by atoms with van der Waals surface area (Å²) in [5.74, 6) is 0.0706. The zero-order valence-corrected chi connectivity index (χ0v) is 10.2. The number of amides is 1. The molecule has 14 heavy (non-hydrogen) atoms. The Kier molecular flexibility index (Phi) is 2.90. The van der Waals surface area contributed by atoms with Crippen LogP contribution in [0.1, 0.15) is 15.2 Å².